The fourth-order valence-electron chi connectivity index (χ4n) is 4.68. The van der Waals surface area contributed by atoms with Gasteiger partial charge in [0, 0.05) is 55.6 Å². The van der Waals surface area contributed by atoms with Crippen LogP contribution in [0.3, 0.4) is 0 Å². The Morgan fingerprint density at radius 1 is 1.13 bits per heavy atom. The summed E-state index contributed by atoms with van der Waals surface area (Å²) < 4.78 is 0. The summed E-state index contributed by atoms with van der Waals surface area (Å²) in [5, 5.41) is 13.3. The van der Waals surface area contributed by atoms with Gasteiger partial charge >= 0.3 is 5.97 Å². The van der Waals surface area contributed by atoms with Gasteiger partial charge < -0.3 is 15.3 Å². The minimum atomic E-state index is -0.728. The first-order chi connectivity index (χ1) is 14.8. The number of aliphatic carboxylic acids is 1. The Bertz CT molecular complexity index is 827. The molecule has 0 aromatic heterocycles. The van der Waals surface area contributed by atoms with Crippen LogP contribution < -0.4 is 5.32 Å². The zero-order chi connectivity index (χ0) is 22.5. The Morgan fingerprint density at radius 2 is 1.81 bits per heavy atom. The van der Waals surface area contributed by atoms with Crippen molar-refractivity contribution in [2.24, 2.45) is 5.92 Å². The number of hydrogen-bond acceptors (Lipinski definition) is 4. The molecule has 7 nitrogen and oxygen atoms in total. The van der Waals surface area contributed by atoms with Crippen LogP contribution in [0.25, 0.3) is 0 Å². The number of halogens is 2. The minimum absolute atomic E-state index is 0.0301. The predicted octanol–water partition coefficient (Wildman–Crippen LogP) is 2.83. The molecule has 1 aromatic carbocycles. The molecule has 0 radical (unpaired) electrons. The molecule has 31 heavy (non-hydrogen) atoms. The molecule has 2 fully saturated rings. The van der Waals surface area contributed by atoms with Crippen LogP contribution in [0.2, 0.25) is 10.0 Å². The van der Waals surface area contributed by atoms with Crippen LogP contribution in [-0.4, -0.2) is 71.0 Å². The zero-order valence-electron chi connectivity index (χ0n) is 17.7. The molecule has 1 heterocycles. The van der Waals surface area contributed by atoms with Gasteiger partial charge in [-0.15, -0.1) is 0 Å². The second kappa shape index (κ2) is 10.7. The molecule has 2 amide bonds. The number of nitrogens with zero attached hydrogens (tertiary/aromatic N) is 2. The van der Waals surface area contributed by atoms with Gasteiger partial charge in [-0.3, -0.25) is 19.3 Å². The maximum atomic E-state index is 13.2. The highest BCUT2D eigenvalue weighted by molar-refractivity contribution is 6.35. The lowest BCUT2D eigenvalue weighted by Crippen LogP contribution is -2.58. The van der Waals surface area contributed by atoms with Crippen LogP contribution in [0.15, 0.2) is 18.2 Å². The highest BCUT2D eigenvalue weighted by Gasteiger charge is 2.37. The quantitative estimate of drug-likeness (QED) is 0.668. The number of amides is 2. The Hall–Kier alpha value is -1.83. The molecule has 3 unspecified atom stereocenters. The lowest BCUT2D eigenvalue weighted by Gasteiger charge is -2.43. The number of nitrogens with one attached hydrogen (secondary N) is 1. The highest BCUT2D eigenvalue weighted by atomic mass is 35.5. The molecule has 0 bridgehead atoms. The van der Waals surface area contributed by atoms with E-state index in [0.29, 0.717) is 42.6 Å². The normalized spacial score (nSPS) is 23.3. The first-order valence-corrected chi connectivity index (χ1v) is 11.5. The van der Waals surface area contributed by atoms with Gasteiger partial charge in [-0.1, -0.05) is 42.1 Å². The molecular weight excluding hydrogens is 441 g/mol. The van der Waals surface area contributed by atoms with Crippen molar-refractivity contribution in [1.82, 2.24) is 15.1 Å². The molecule has 1 saturated carbocycles. The summed E-state index contributed by atoms with van der Waals surface area (Å²) in [5.74, 6) is -1.50. The average molecular weight is 470 g/mol. The van der Waals surface area contributed by atoms with Crippen molar-refractivity contribution >= 4 is 41.0 Å². The number of carbonyl (C=O) groups is 3. The van der Waals surface area contributed by atoms with E-state index in [4.69, 9.17) is 23.2 Å². The number of carboxylic acids is 1. The van der Waals surface area contributed by atoms with Gasteiger partial charge in [0.05, 0.1) is 5.92 Å². The fraction of sp³-hybridized carbons (Fsp3) is 0.591. The second-order valence-corrected chi connectivity index (χ2v) is 9.19. The van der Waals surface area contributed by atoms with Crippen LogP contribution in [-0.2, 0) is 20.8 Å². The van der Waals surface area contributed by atoms with Crippen LogP contribution in [0.5, 0.6) is 0 Å². The summed E-state index contributed by atoms with van der Waals surface area (Å²) in [6.07, 6.45) is 3.87. The maximum absolute atomic E-state index is 13.2. The van der Waals surface area contributed by atoms with E-state index in [1.807, 2.05) is 0 Å². The van der Waals surface area contributed by atoms with E-state index in [9.17, 15) is 19.5 Å². The van der Waals surface area contributed by atoms with Gasteiger partial charge in [-0.2, -0.15) is 0 Å². The Balaban J connectivity index is 1.64. The smallest absolute Gasteiger partial charge is 0.308 e. The molecule has 9 heteroatoms. The third kappa shape index (κ3) is 6.11. The van der Waals surface area contributed by atoms with E-state index in [2.05, 4.69) is 10.2 Å². The first kappa shape index (κ1) is 23.8. The summed E-state index contributed by atoms with van der Waals surface area (Å²) in [7, 11) is 0. The van der Waals surface area contributed by atoms with Gasteiger partial charge in [0.25, 0.3) is 0 Å². The standard InChI is InChI=1S/C22H29Cl2N3O4/c1-14(28)25-19(12-15-6-7-16(23)13-18(15)24)21(29)27-10-8-26(9-11-27)20-5-3-2-4-17(20)22(30)31/h6-7,13,17,19-20H,2-5,8-12H2,1H3,(H,25,28)(H,30,31). The van der Waals surface area contributed by atoms with E-state index >= 15 is 0 Å². The van der Waals surface area contributed by atoms with Crippen LogP contribution >= 0.6 is 23.2 Å². The first-order valence-electron chi connectivity index (χ1n) is 10.7. The number of carbonyl (C=O) groups excluding carboxylic acids is 2. The summed E-state index contributed by atoms with van der Waals surface area (Å²) in [6.45, 7) is 3.67. The molecular formula is C22H29Cl2N3O4. The molecule has 3 rings (SSSR count). The minimum Gasteiger partial charge on any atom is -0.481 e. The molecule has 0 spiro atoms. The van der Waals surface area contributed by atoms with E-state index in [-0.39, 0.29) is 30.2 Å². The number of benzene rings is 1. The zero-order valence-corrected chi connectivity index (χ0v) is 19.2. The van der Waals surface area contributed by atoms with Crippen molar-refractivity contribution in [3.8, 4) is 0 Å². The monoisotopic (exact) mass is 469 g/mol. The molecule has 1 aliphatic carbocycles. The number of rotatable bonds is 6. The van der Waals surface area contributed by atoms with E-state index < -0.39 is 12.0 Å². The number of carboxylic acid groups (broad SMARTS) is 1. The van der Waals surface area contributed by atoms with Crippen molar-refractivity contribution in [3.05, 3.63) is 33.8 Å². The summed E-state index contributed by atoms with van der Waals surface area (Å²) >= 11 is 12.2. The van der Waals surface area contributed by atoms with Crippen molar-refractivity contribution in [2.75, 3.05) is 26.2 Å². The van der Waals surface area contributed by atoms with Gasteiger partial charge in [0.15, 0.2) is 0 Å². The van der Waals surface area contributed by atoms with Crippen LogP contribution in [0, 0.1) is 5.92 Å². The van der Waals surface area contributed by atoms with Gasteiger partial charge in [0.1, 0.15) is 6.04 Å². The largest absolute Gasteiger partial charge is 0.481 e. The molecule has 1 aliphatic heterocycles. The van der Waals surface area contributed by atoms with Gasteiger partial charge in [-0.05, 0) is 30.5 Å². The average Bonchev–Trinajstić information content (AvgIpc) is 2.74. The number of piperazine rings is 1. The molecule has 1 aromatic rings. The van der Waals surface area contributed by atoms with E-state index in [0.717, 1.165) is 24.8 Å². The van der Waals surface area contributed by atoms with E-state index in [1.165, 1.54) is 6.92 Å². The van der Waals surface area contributed by atoms with Crippen molar-refractivity contribution in [2.45, 2.75) is 51.1 Å². The lowest BCUT2D eigenvalue weighted by molar-refractivity contribution is -0.147. The predicted molar refractivity (Wildman–Crippen MR) is 119 cm³/mol. The Kier molecular flexibility index (Phi) is 8.19. The van der Waals surface area contributed by atoms with Crippen molar-refractivity contribution in [1.29, 1.82) is 0 Å². The number of hydrogen-bond donors (Lipinski definition) is 2. The SMILES string of the molecule is CC(=O)NC(Cc1ccc(Cl)cc1Cl)C(=O)N1CCN(C2CCCCC2C(=O)O)CC1. The second-order valence-electron chi connectivity index (χ2n) is 8.35. The highest BCUT2D eigenvalue weighted by Crippen LogP contribution is 2.30. The van der Waals surface area contributed by atoms with Crippen LogP contribution in [0.4, 0.5) is 0 Å². The van der Waals surface area contributed by atoms with Gasteiger partial charge in [-0.25, -0.2) is 0 Å². The summed E-state index contributed by atoms with van der Waals surface area (Å²) in [6, 6.07) is 4.40. The molecule has 170 valence electrons. The third-order valence-electron chi connectivity index (χ3n) is 6.26. The maximum Gasteiger partial charge on any atom is 0.308 e. The van der Waals surface area contributed by atoms with Gasteiger partial charge in [0.2, 0.25) is 11.8 Å². The lowest BCUT2D eigenvalue weighted by atomic mass is 9.83. The molecule has 2 aliphatic rings. The summed E-state index contributed by atoms with van der Waals surface area (Å²) in [4.78, 5) is 40.5. The van der Waals surface area contributed by atoms with Crippen molar-refractivity contribution in [3.63, 3.8) is 0 Å². The van der Waals surface area contributed by atoms with Crippen molar-refractivity contribution < 1.29 is 19.5 Å². The molecule has 1 saturated heterocycles. The molecule has 3 atom stereocenters. The molecule has 2 N–H and O–H groups in total. The van der Waals surface area contributed by atoms with Crippen LogP contribution in [0.1, 0.15) is 38.2 Å². The topological polar surface area (TPSA) is 90.0 Å². The fourth-order valence-corrected chi connectivity index (χ4v) is 5.17. The summed E-state index contributed by atoms with van der Waals surface area (Å²) in [5.41, 5.74) is 0.739. The Labute approximate surface area is 192 Å². The van der Waals surface area contributed by atoms with E-state index in [1.54, 1.807) is 23.1 Å². The third-order valence-corrected chi connectivity index (χ3v) is 6.84. The Morgan fingerprint density at radius 3 is 2.42 bits per heavy atom.